The minimum atomic E-state index is -3.52. The molecule has 2 N–H and O–H groups in total. The molecular formula is C18H26N4O3S. The summed E-state index contributed by atoms with van der Waals surface area (Å²) in [4.78, 5) is 18.9. The van der Waals surface area contributed by atoms with Crippen LogP contribution in [0.3, 0.4) is 0 Å². The Balaban J connectivity index is 1.39. The quantitative estimate of drug-likeness (QED) is 0.696. The van der Waals surface area contributed by atoms with Crippen LogP contribution in [0, 0.1) is 0 Å². The number of sulfonamides is 1. The van der Waals surface area contributed by atoms with Gasteiger partial charge in [0.05, 0.1) is 11.4 Å². The van der Waals surface area contributed by atoms with Gasteiger partial charge in [0, 0.05) is 18.5 Å². The van der Waals surface area contributed by atoms with E-state index in [1.165, 1.54) is 32.4 Å². The lowest BCUT2D eigenvalue weighted by atomic mass is 10.1. The fourth-order valence-corrected chi connectivity index (χ4v) is 4.57. The molecule has 1 amide bonds. The van der Waals surface area contributed by atoms with Crippen molar-refractivity contribution < 1.29 is 13.2 Å². The second-order valence-electron chi connectivity index (χ2n) is 6.69. The molecule has 2 aliphatic heterocycles. The van der Waals surface area contributed by atoms with Gasteiger partial charge in [-0.2, -0.15) is 0 Å². The highest BCUT2D eigenvalue weighted by molar-refractivity contribution is 7.90. The Kier molecular flexibility index (Phi) is 6.26. The molecule has 0 unspecified atom stereocenters. The third-order valence-electron chi connectivity index (χ3n) is 4.69. The molecule has 142 valence electrons. The van der Waals surface area contributed by atoms with Crippen molar-refractivity contribution >= 4 is 21.8 Å². The van der Waals surface area contributed by atoms with Crippen LogP contribution in [-0.4, -0.2) is 57.8 Å². The van der Waals surface area contributed by atoms with Crippen LogP contribution in [0.15, 0.2) is 34.2 Å². The Morgan fingerprint density at radius 1 is 1.19 bits per heavy atom. The molecule has 0 aliphatic carbocycles. The van der Waals surface area contributed by atoms with Crippen LogP contribution < -0.4 is 10.0 Å². The Bertz CT molecular complexity index is 770. The predicted octanol–water partition coefficient (Wildman–Crippen LogP) is 1.11. The van der Waals surface area contributed by atoms with E-state index in [2.05, 4.69) is 19.9 Å². The number of benzene rings is 1. The standard InChI is InChI=1S/C18H26N4O3S/c23-17(19-10-6-14-22-12-4-1-5-13-22)9-11-20-18-15-7-2-3-8-16(15)26(24,25)21-18/h2-3,7-8H,1,4-6,9-14H2,(H,19,23)(H,20,21). The number of carbonyl (C=O) groups excluding carboxylic acids is 1. The summed E-state index contributed by atoms with van der Waals surface area (Å²) >= 11 is 0. The molecular weight excluding hydrogens is 352 g/mol. The van der Waals surface area contributed by atoms with Crippen molar-refractivity contribution in [3.05, 3.63) is 29.8 Å². The van der Waals surface area contributed by atoms with Crippen LogP contribution in [0.2, 0.25) is 0 Å². The minimum absolute atomic E-state index is 0.0536. The smallest absolute Gasteiger partial charge is 0.263 e. The fraction of sp³-hybridized carbons (Fsp3) is 0.556. The molecule has 1 saturated heterocycles. The summed E-state index contributed by atoms with van der Waals surface area (Å²) < 4.78 is 26.4. The average molecular weight is 378 g/mol. The normalized spacial score (nSPS) is 20.5. The van der Waals surface area contributed by atoms with E-state index in [1.54, 1.807) is 24.3 Å². The number of amides is 1. The van der Waals surface area contributed by atoms with Crippen molar-refractivity contribution in [2.75, 3.05) is 32.7 Å². The first-order valence-corrected chi connectivity index (χ1v) is 10.7. The monoisotopic (exact) mass is 378 g/mol. The number of hydrogen-bond acceptors (Lipinski definition) is 5. The third kappa shape index (κ3) is 4.82. The molecule has 3 rings (SSSR count). The molecule has 0 atom stereocenters. The maximum Gasteiger partial charge on any atom is 0.263 e. The number of amidine groups is 1. The molecule has 1 fully saturated rings. The van der Waals surface area contributed by atoms with Gasteiger partial charge in [-0.05, 0) is 51.0 Å². The Morgan fingerprint density at radius 3 is 2.77 bits per heavy atom. The van der Waals surface area contributed by atoms with E-state index in [1.807, 2.05) is 0 Å². The zero-order chi connectivity index (χ0) is 18.4. The Labute approximate surface area is 154 Å². The first kappa shape index (κ1) is 18.8. The predicted molar refractivity (Wildman–Crippen MR) is 101 cm³/mol. The van der Waals surface area contributed by atoms with E-state index in [9.17, 15) is 13.2 Å². The number of fused-ring (bicyclic) bond motifs is 1. The number of hydrogen-bond donors (Lipinski definition) is 2. The first-order valence-electron chi connectivity index (χ1n) is 9.22. The zero-order valence-electron chi connectivity index (χ0n) is 14.9. The maximum atomic E-state index is 12.0. The lowest BCUT2D eigenvalue weighted by Gasteiger charge is -2.26. The largest absolute Gasteiger partial charge is 0.356 e. The van der Waals surface area contributed by atoms with Crippen molar-refractivity contribution in [3.8, 4) is 0 Å². The van der Waals surface area contributed by atoms with Crippen LogP contribution in [0.1, 0.15) is 37.7 Å². The number of aliphatic imine (C=N–C) groups is 1. The van der Waals surface area contributed by atoms with Gasteiger partial charge in [0.25, 0.3) is 10.0 Å². The van der Waals surface area contributed by atoms with E-state index in [0.717, 1.165) is 13.0 Å². The van der Waals surface area contributed by atoms with Gasteiger partial charge in [0.1, 0.15) is 5.84 Å². The molecule has 2 aliphatic rings. The number of rotatable bonds is 7. The van der Waals surface area contributed by atoms with E-state index in [-0.39, 0.29) is 23.8 Å². The minimum Gasteiger partial charge on any atom is -0.356 e. The van der Waals surface area contributed by atoms with Gasteiger partial charge in [-0.1, -0.05) is 18.6 Å². The molecule has 7 nitrogen and oxygen atoms in total. The first-order chi connectivity index (χ1) is 12.6. The van der Waals surface area contributed by atoms with Gasteiger partial charge in [-0.3, -0.25) is 14.5 Å². The molecule has 26 heavy (non-hydrogen) atoms. The molecule has 0 spiro atoms. The molecule has 8 heteroatoms. The third-order valence-corrected chi connectivity index (χ3v) is 6.09. The highest BCUT2D eigenvalue weighted by atomic mass is 32.2. The lowest BCUT2D eigenvalue weighted by molar-refractivity contribution is -0.120. The summed E-state index contributed by atoms with van der Waals surface area (Å²) in [5, 5.41) is 2.91. The molecule has 0 bridgehead atoms. The van der Waals surface area contributed by atoms with Crippen molar-refractivity contribution in [2.45, 2.75) is 37.0 Å². The van der Waals surface area contributed by atoms with Crippen LogP contribution in [0.25, 0.3) is 0 Å². The Morgan fingerprint density at radius 2 is 1.96 bits per heavy atom. The molecule has 2 heterocycles. The highest BCUT2D eigenvalue weighted by Gasteiger charge is 2.29. The number of carbonyl (C=O) groups is 1. The van der Waals surface area contributed by atoms with Crippen LogP contribution >= 0.6 is 0 Å². The second kappa shape index (κ2) is 8.64. The number of likely N-dealkylation sites (tertiary alicyclic amines) is 1. The van der Waals surface area contributed by atoms with Gasteiger partial charge in [0.15, 0.2) is 0 Å². The van der Waals surface area contributed by atoms with Gasteiger partial charge in [-0.15, -0.1) is 0 Å². The molecule has 0 saturated carbocycles. The van der Waals surface area contributed by atoms with Gasteiger partial charge < -0.3 is 10.2 Å². The van der Waals surface area contributed by atoms with Gasteiger partial charge in [0.2, 0.25) is 5.91 Å². The summed E-state index contributed by atoms with van der Waals surface area (Å²) in [6, 6.07) is 6.71. The number of nitrogens with one attached hydrogen (secondary N) is 2. The highest BCUT2D eigenvalue weighted by Crippen LogP contribution is 2.22. The topological polar surface area (TPSA) is 90.9 Å². The summed E-state index contributed by atoms with van der Waals surface area (Å²) in [5.74, 6) is 0.264. The summed E-state index contributed by atoms with van der Waals surface area (Å²) in [5.41, 5.74) is 0.564. The van der Waals surface area contributed by atoms with E-state index >= 15 is 0 Å². The second-order valence-corrected chi connectivity index (χ2v) is 8.34. The Hall–Kier alpha value is -1.93. The van der Waals surface area contributed by atoms with Crippen LogP contribution in [0.5, 0.6) is 0 Å². The van der Waals surface area contributed by atoms with Crippen molar-refractivity contribution in [3.63, 3.8) is 0 Å². The molecule has 0 radical (unpaired) electrons. The van der Waals surface area contributed by atoms with Gasteiger partial charge >= 0.3 is 0 Å². The van der Waals surface area contributed by atoms with Crippen molar-refractivity contribution in [1.82, 2.24) is 14.9 Å². The maximum absolute atomic E-state index is 12.0. The van der Waals surface area contributed by atoms with E-state index < -0.39 is 10.0 Å². The molecule has 1 aromatic carbocycles. The lowest BCUT2D eigenvalue weighted by Crippen LogP contribution is -2.33. The molecule has 1 aromatic rings. The summed E-state index contributed by atoms with van der Waals surface area (Å²) in [6.45, 7) is 4.29. The SMILES string of the molecule is O=C(CCN=C1NS(=O)(=O)c2ccccc21)NCCCN1CCCCC1. The molecule has 0 aromatic heterocycles. The summed E-state index contributed by atoms with van der Waals surface area (Å²) in [7, 11) is -3.52. The average Bonchev–Trinajstić information content (AvgIpc) is 2.91. The van der Waals surface area contributed by atoms with E-state index in [0.29, 0.717) is 17.9 Å². The van der Waals surface area contributed by atoms with Crippen molar-refractivity contribution in [1.29, 1.82) is 0 Å². The van der Waals surface area contributed by atoms with Crippen molar-refractivity contribution in [2.24, 2.45) is 4.99 Å². The number of piperidine rings is 1. The number of nitrogens with zero attached hydrogens (tertiary/aromatic N) is 2. The van der Waals surface area contributed by atoms with Crippen LogP contribution in [-0.2, 0) is 14.8 Å². The summed E-state index contributed by atoms with van der Waals surface area (Å²) in [6.07, 6.45) is 5.08. The van der Waals surface area contributed by atoms with Gasteiger partial charge in [-0.25, -0.2) is 8.42 Å². The zero-order valence-corrected chi connectivity index (χ0v) is 15.7. The van der Waals surface area contributed by atoms with E-state index in [4.69, 9.17) is 0 Å². The fourth-order valence-electron chi connectivity index (χ4n) is 3.32. The van der Waals surface area contributed by atoms with Crippen LogP contribution in [0.4, 0.5) is 0 Å².